The Kier molecular flexibility index (Phi) is 3.19. The van der Waals surface area contributed by atoms with E-state index in [1.54, 1.807) is 17.5 Å². The smallest absolute Gasteiger partial charge is 0.145 e. The average Bonchev–Trinajstić information content (AvgIpc) is 3.08. The van der Waals surface area contributed by atoms with Gasteiger partial charge in [0.2, 0.25) is 0 Å². The van der Waals surface area contributed by atoms with Crippen LogP contribution in [-0.4, -0.2) is 9.97 Å². The number of anilines is 1. The molecule has 0 atom stereocenters. The summed E-state index contributed by atoms with van der Waals surface area (Å²) in [6.45, 7) is 4.11. The van der Waals surface area contributed by atoms with E-state index in [0.29, 0.717) is 11.4 Å². The zero-order valence-corrected chi connectivity index (χ0v) is 12.4. The maximum atomic E-state index is 9.33. The molecular formula is C15H16N4S. The van der Waals surface area contributed by atoms with Gasteiger partial charge in [0.25, 0.3) is 0 Å². The van der Waals surface area contributed by atoms with Crippen LogP contribution in [0.4, 0.5) is 5.82 Å². The van der Waals surface area contributed by atoms with E-state index >= 15 is 0 Å². The number of rotatable bonds is 3. The Hall–Kier alpha value is -1.93. The number of pyridine rings is 1. The van der Waals surface area contributed by atoms with E-state index in [2.05, 4.69) is 35.2 Å². The Morgan fingerprint density at radius 1 is 1.40 bits per heavy atom. The van der Waals surface area contributed by atoms with Crippen LogP contribution in [0.25, 0.3) is 0 Å². The number of nitrogens with one attached hydrogen (secondary N) is 1. The van der Waals surface area contributed by atoms with Crippen molar-refractivity contribution < 1.29 is 0 Å². The third-order valence-electron chi connectivity index (χ3n) is 3.57. The molecular weight excluding hydrogens is 268 g/mol. The van der Waals surface area contributed by atoms with Crippen molar-refractivity contribution in [2.24, 2.45) is 0 Å². The first-order chi connectivity index (χ1) is 9.60. The van der Waals surface area contributed by atoms with E-state index in [-0.39, 0.29) is 5.54 Å². The van der Waals surface area contributed by atoms with Crippen LogP contribution in [-0.2, 0) is 18.4 Å². The number of nitrogens with zero attached hydrogens (tertiary/aromatic N) is 3. The van der Waals surface area contributed by atoms with Crippen molar-refractivity contribution in [2.75, 3.05) is 5.32 Å². The fourth-order valence-electron chi connectivity index (χ4n) is 2.53. The molecule has 4 nitrogen and oxygen atoms in total. The zero-order valence-electron chi connectivity index (χ0n) is 11.6. The van der Waals surface area contributed by atoms with Crippen LogP contribution in [0, 0.1) is 11.3 Å². The first-order valence-electron chi connectivity index (χ1n) is 6.71. The topological polar surface area (TPSA) is 61.6 Å². The predicted octanol–water partition coefficient (Wildman–Crippen LogP) is 3.25. The van der Waals surface area contributed by atoms with E-state index in [0.717, 1.165) is 30.0 Å². The summed E-state index contributed by atoms with van der Waals surface area (Å²) in [6.07, 6.45) is 4.97. The highest BCUT2D eigenvalue weighted by atomic mass is 32.1. The van der Waals surface area contributed by atoms with Gasteiger partial charge in [-0.3, -0.25) is 0 Å². The lowest BCUT2D eigenvalue weighted by Gasteiger charge is -2.25. The van der Waals surface area contributed by atoms with E-state index in [1.807, 2.05) is 11.4 Å². The predicted molar refractivity (Wildman–Crippen MR) is 79.7 cm³/mol. The summed E-state index contributed by atoms with van der Waals surface area (Å²) < 4.78 is 0. The van der Waals surface area contributed by atoms with Crippen LogP contribution >= 0.6 is 11.3 Å². The van der Waals surface area contributed by atoms with Crippen LogP contribution in [0.3, 0.4) is 0 Å². The minimum absolute atomic E-state index is 0.334. The Labute approximate surface area is 122 Å². The maximum absolute atomic E-state index is 9.33. The molecule has 0 saturated heterocycles. The van der Waals surface area contributed by atoms with Crippen molar-refractivity contribution in [2.45, 2.75) is 38.6 Å². The molecule has 0 aromatic carbocycles. The molecule has 2 heterocycles. The molecule has 20 heavy (non-hydrogen) atoms. The fourth-order valence-corrected chi connectivity index (χ4v) is 3.25. The Morgan fingerprint density at radius 3 is 2.95 bits per heavy atom. The van der Waals surface area contributed by atoms with Crippen molar-refractivity contribution in [3.05, 3.63) is 39.5 Å². The van der Waals surface area contributed by atoms with Crippen LogP contribution in [0.2, 0.25) is 0 Å². The first kappa shape index (κ1) is 13.1. The minimum atomic E-state index is -0.334. The van der Waals surface area contributed by atoms with Gasteiger partial charge < -0.3 is 5.32 Å². The monoisotopic (exact) mass is 284 g/mol. The molecule has 0 amide bonds. The first-order valence-corrected chi connectivity index (χ1v) is 7.59. The molecule has 0 fully saturated rings. The van der Waals surface area contributed by atoms with Crippen molar-refractivity contribution >= 4 is 17.2 Å². The number of aryl methyl sites for hydroxylation is 2. The van der Waals surface area contributed by atoms with Crippen LogP contribution < -0.4 is 5.32 Å². The van der Waals surface area contributed by atoms with Gasteiger partial charge in [-0.15, -0.1) is 11.3 Å². The average molecular weight is 284 g/mol. The summed E-state index contributed by atoms with van der Waals surface area (Å²) in [5, 5.41) is 15.7. The molecule has 0 spiro atoms. The molecule has 1 aliphatic carbocycles. The SMILES string of the molecule is CC(C)(Nc1nc2c(cc1C#N)CCC2)c1nccs1. The van der Waals surface area contributed by atoms with Crippen LogP contribution in [0.5, 0.6) is 0 Å². The number of fused-ring (bicyclic) bond motifs is 1. The molecule has 102 valence electrons. The van der Waals surface area contributed by atoms with Gasteiger partial charge in [-0.1, -0.05) is 0 Å². The van der Waals surface area contributed by atoms with Crippen molar-refractivity contribution in [3.63, 3.8) is 0 Å². The minimum Gasteiger partial charge on any atom is -0.358 e. The van der Waals surface area contributed by atoms with Gasteiger partial charge >= 0.3 is 0 Å². The van der Waals surface area contributed by atoms with Gasteiger partial charge in [-0.2, -0.15) is 5.26 Å². The maximum Gasteiger partial charge on any atom is 0.145 e. The second kappa shape index (κ2) is 4.88. The fraction of sp³-hybridized carbons (Fsp3) is 0.400. The summed E-state index contributed by atoms with van der Waals surface area (Å²) in [4.78, 5) is 9.02. The van der Waals surface area contributed by atoms with Gasteiger partial charge in [-0.25, -0.2) is 9.97 Å². The number of nitriles is 1. The number of hydrogen-bond donors (Lipinski definition) is 1. The molecule has 3 rings (SSSR count). The Bertz CT molecular complexity index is 668. The normalized spacial score (nSPS) is 13.8. The Balaban J connectivity index is 1.97. The Morgan fingerprint density at radius 2 is 2.25 bits per heavy atom. The van der Waals surface area contributed by atoms with Gasteiger partial charge in [0.1, 0.15) is 16.9 Å². The van der Waals surface area contributed by atoms with Crippen LogP contribution in [0.1, 0.15) is 42.1 Å². The highest BCUT2D eigenvalue weighted by Gasteiger charge is 2.26. The summed E-state index contributed by atoms with van der Waals surface area (Å²) in [7, 11) is 0. The van der Waals surface area contributed by atoms with Crippen molar-refractivity contribution in [1.29, 1.82) is 5.26 Å². The van der Waals surface area contributed by atoms with E-state index < -0.39 is 0 Å². The molecule has 5 heteroatoms. The summed E-state index contributed by atoms with van der Waals surface area (Å²) in [5.41, 5.74) is 2.63. The largest absolute Gasteiger partial charge is 0.358 e. The highest BCUT2D eigenvalue weighted by molar-refractivity contribution is 7.09. The number of aromatic nitrogens is 2. The van der Waals surface area contributed by atoms with E-state index in [1.165, 1.54) is 5.56 Å². The molecule has 0 radical (unpaired) electrons. The number of hydrogen-bond acceptors (Lipinski definition) is 5. The number of thiazole rings is 1. The van der Waals surface area contributed by atoms with E-state index in [9.17, 15) is 5.26 Å². The third-order valence-corrected chi connectivity index (χ3v) is 4.67. The molecule has 0 bridgehead atoms. The molecule has 0 unspecified atom stereocenters. The standard InChI is InChI=1S/C15H16N4S/c1-15(2,14-17-6-7-20-14)19-13-11(9-16)8-10-4-3-5-12(10)18-13/h6-8H,3-5H2,1-2H3,(H,18,19). The molecule has 2 aromatic rings. The lowest BCUT2D eigenvalue weighted by atomic mass is 10.1. The van der Waals surface area contributed by atoms with Gasteiger partial charge in [0, 0.05) is 17.3 Å². The van der Waals surface area contributed by atoms with Crippen LogP contribution in [0.15, 0.2) is 17.6 Å². The van der Waals surface area contributed by atoms with Crippen molar-refractivity contribution in [3.8, 4) is 6.07 Å². The molecule has 1 N–H and O–H groups in total. The lowest BCUT2D eigenvalue weighted by Crippen LogP contribution is -2.29. The van der Waals surface area contributed by atoms with E-state index in [4.69, 9.17) is 0 Å². The lowest BCUT2D eigenvalue weighted by molar-refractivity contribution is 0.600. The molecule has 1 aliphatic rings. The molecule has 0 aliphatic heterocycles. The highest BCUT2D eigenvalue weighted by Crippen LogP contribution is 2.30. The van der Waals surface area contributed by atoms with Crippen molar-refractivity contribution in [1.82, 2.24) is 9.97 Å². The van der Waals surface area contributed by atoms with Gasteiger partial charge in [-0.05, 0) is 44.7 Å². The summed E-state index contributed by atoms with van der Waals surface area (Å²) in [6, 6.07) is 4.23. The van der Waals surface area contributed by atoms with Gasteiger partial charge in [0.15, 0.2) is 0 Å². The zero-order chi connectivity index (χ0) is 14.2. The molecule has 0 saturated carbocycles. The third kappa shape index (κ3) is 2.27. The summed E-state index contributed by atoms with van der Waals surface area (Å²) >= 11 is 1.60. The summed E-state index contributed by atoms with van der Waals surface area (Å²) in [5.74, 6) is 0.674. The molecule has 2 aromatic heterocycles. The quantitative estimate of drug-likeness (QED) is 0.940. The second-order valence-electron chi connectivity index (χ2n) is 5.54. The second-order valence-corrected chi connectivity index (χ2v) is 6.44. The van der Waals surface area contributed by atoms with Gasteiger partial charge in [0.05, 0.1) is 11.1 Å².